The molecule has 0 spiro atoms. The molecule has 0 saturated heterocycles. The molecule has 0 bridgehead atoms. The minimum Gasteiger partial charge on any atom is -0.304 e. The molecule has 0 unspecified atom stereocenters. The van der Waals surface area contributed by atoms with Crippen molar-refractivity contribution in [3.63, 3.8) is 0 Å². The van der Waals surface area contributed by atoms with Crippen molar-refractivity contribution in [2.24, 2.45) is 0 Å². The molecule has 4 aromatic rings. The van der Waals surface area contributed by atoms with E-state index in [0.29, 0.717) is 5.69 Å². The fourth-order valence-corrected chi connectivity index (χ4v) is 2.93. The number of amides is 1. The molecule has 0 aliphatic rings. The van der Waals surface area contributed by atoms with E-state index in [2.05, 4.69) is 20.6 Å². The van der Waals surface area contributed by atoms with E-state index < -0.39 is 41.3 Å². The number of H-pyrrole nitrogens is 1. The number of aromatic amines is 1. The summed E-state index contributed by atoms with van der Waals surface area (Å²) in [5, 5.41) is 13.2. The molecule has 0 fully saturated rings. The Bertz CT molecular complexity index is 1240. The van der Waals surface area contributed by atoms with Crippen molar-refractivity contribution in [1.29, 1.82) is 0 Å². The van der Waals surface area contributed by atoms with Crippen LogP contribution >= 0.6 is 0 Å². The van der Waals surface area contributed by atoms with Crippen molar-refractivity contribution < 1.29 is 22.4 Å². The van der Waals surface area contributed by atoms with E-state index in [4.69, 9.17) is 0 Å². The van der Waals surface area contributed by atoms with Crippen molar-refractivity contribution in [2.75, 3.05) is 5.32 Å². The van der Waals surface area contributed by atoms with Crippen LogP contribution in [0.15, 0.2) is 48.7 Å². The van der Waals surface area contributed by atoms with Gasteiger partial charge in [0, 0.05) is 23.9 Å². The van der Waals surface area contributed by atoms with E-state index in [1.54, 1.807) is 6.07 Å². The first-order valence-electron chi connectivity index (χ1n) is 9.11. The van der Waals surface area contributed by atoms with Crippen LogP contribution in [0.3, 0.4) is 0 Å². The van der Waals surface area contributed by atoms with Gasteiger partial charge >= 0.3 is 0 Å². The molecule has 6 nitrogen and oxygen atoms in total. The molecule has 0 atom stereocenters. The molecule has 0 aliphatic heterocycles. The van der Waals surface area contributed by atoms with Gasteiger partial charge in [-0.25, -0.2) is 17.6 Å². The Morgan fingerprint density at radius 1 is 1.03 bits per heavy atom. The fourth-order valence-electron chi connectivity index (χ4n) is 2.93. The van der Waals surface area contributed by atoms with Crippen molar-refractivity contribution >= 4 is 11.7 Å². The highest BCUT2D eigenvalue weighted by Gasteiger charge is 2.20. The molecule has 2 aromatic heterocycles. The van der Waals surface area contributed by atoms with E-state index in [-0.39, 0.29) is 17.6 Å². The number of nitrogens with zero attached hydrogens (tertiary/aromatic N) is 3. The van der Waals surface area contributed by atoms with Crippen LogP contribution in [0.4, 0.5) is 23.4 Å². The molecule has 31 heavy (non-hydrogen) atoms. The zero-order valence-electron chi connectivity index (χ0n) is 16.1. The first-order valence-corrected chi connectivity index (χ1v) is 9.11. The lowest BCUT2D eigenvalue weighted by molar-refractivity contribution is 0.102. The molecule has 0 radical (unpaired) electrons. The van der Waals surface area contributed by atoms with Crippen molar-refractivity contribution in [2.45, 2.75) is 13.5 Å². The monoisotopic (exact) mass is 429 g/mol. The number of nitrogens with one attached hydrogen (secondary N) is 2. The standard InChI is InChI=1S/C21H15F4N5O/c1-11-2-4-12(5-3-11)16-9-17(28-27-16)21(31)26-18-6-7-30(29-18)10-13-19(24)14(22)8-15(23)20(13)25/h2-9H,10H2,1H3,(H,27,28)(H,26,29,31). The average molecular weight is 429 g/mol. The Morgan fingerprint density at radius 3 is 2.39 bits per heavy atom. The fraction of sp³-hybridized carbons (Fsp3) is 0.0952. The van der Waals surface area contributed by atoms with Crippen LogP contribution in [0.5, 0.6) is 0 Å². The molecule has 2 N–H and O–H groups in total. The summed E-state index contributed by atoms with van der Waals surface area (Å²) in [7, 11) is 0. The number of carbonyl (C=O) groups is 1. The smallest absolute Gasteiger partial charge is 0.274 e. The van der Waals surface area contributed by atoms with Crippen LogP contribution in [-0.4, -0.2) is 25.9 Å². The predicted molar refractivity (Wildman–Crippen MR) is 104 cm³/mol. The first-order chi connectivity index (χ1) is 14.8. The average Bonchev–Trinajstić information content (AvgIpc) is 3.40. The minimum atomic E-state index is -1.50. The summed E-state index contributed by atoms with van der Waals surface area (Å²) >= 11 is 0. The van der Waals surface area contributed by atoms with Crippen LogP contribution in [0, 0.1) is 30.2 Å². The molecular weight excluding hydrogens is 414 g/mol. The quantitative estimate of drug-likeness (QED) is 0.364. The largest absolute Gasteiger partial charge is 0.304 e. The summed E-state index contributed by atoms with van der Waals surface area (Å²) in [5.74, 6) is -6.46. The van der Waals surface area contributed by atoms with Crippen LogP contribution in [0.25, 0.3) is 11.3 Å². The second-order valence-electron chi connectivity index (χ2n) is 6.83. The SMILES string of the molecule is Cc1ccc(-c2cc(C(=O)Nc3ccn(Cc4c(F)c(F)cc(F)c4F)n3)[nH]n2)cc1. The van der Waals surface area contributed by atoms with E-state index in [9.17, 15) is 22.4 Å². The zero-order valence-corrected chi connectivity index (χ0v) is 16.1. The number of halogens is 4. The Kier molecular flexibility index (Phi) is 5.28. The Labute approximate surface area is 173 Å². The second-order valence-corrected chi connectivity index (χ2v) is 6.83. The maximum absolute atomic E-state index is 13.8. The summed E-state index contributed by atoms with van der Waals surface area (Å²) in [6, 6.07) is 10.7. The molecule has 2 heterocycles. The molecule has 2 aromatic carbocycles. The van der Waals surface area contributed by atoms with E-state index in [1.807, 2.05) is 31.2 Å². The third kappa shape index (κ3) is 4.18. The second kappa shape index (κ2) is 8.05. The van der Waals surface area contributed by atoms with Crippen molar-refractivity contribution in [1.82, 2.24) is 20.0 Å². The summed E-state index contributed by atoms with van der Waals surface area (Å²) in [4.78, 5) is 12.4. The van der Waals surface area contributed by atoms with Gasteiger partial charge in [-0.05, 0) is 13.0 Å². The van der Waals surface area contributed by atoms with Gasteiger partial charge in [-0.2, -0.15) is 10.2 Å². The number of anilines is 1. The van der Waals surface area contributed by atoms with E-state index >= 15 is 0 Å². The predicted octanol–water partition coefficient (Wildman–Crippen LogP) is 4.44. The lowest BCUT2D eigenvalue weighted by atomic mass is 10.1. The third-order valence-corrected chi connectivity index (χ3v) is 4.57. The number of benzene rings is 2. The van der Waals surface area contributed by atoms with Crippen molar-refractivity contribution in [3.8, 4) is 11.3 Å². The highest BCUT2D eigenvalue weighted by molar-refractivity contribution is 6.02. The van der Waals surface area contributed by atoms with Gasteiger partial charge in [0.05, 0.1) is 17.8 Å². The van der Waals surface area contributed by atoms with Crippen LogP contribution in [0.2, 0.25) is 0 Å². The lowest BCUT2D eigenvalue weighted by Gasteiger charge is -2.07. The van der Waals surface area contributed by atoms with E-state index in [0.717, 1.165) is 15.8 Å². The molecule has 0 saturated carbocycles. The molecule has 4 rings (SSSR count). The van der Waals surface area contributed by atoms with E-state index in [1.165, 1.54) is 12.3 Å². The normalized spacial score (nSPS) is 11.0. The number of hydrogen-bond donors (Lipinski definition) is 2. The van der Waals surface area contributed by atoms with Crippen molar-refractivity contribution in [3.05, 3.63) is 88.8 Å². The first kappa shape index (κ1) is 20.3. The molecule has 10 heteroatoms. The topological polar surface area (TPSA) is 75.6 Å². The maximum atomic E-state index is 13.8. The highest BCUT2D eigenvalue weighted by Crippen LogP contribution is 2.21. The number of carbonyl (C=O) groups excluding carboxylic acids is 1. The third-order valence-electron chi connectivity index (χ3n) is 4.57. The number of aryl methyl sites for hydroxylation is 1. The van der Waals surface area contributed by atoms with Gasteiger partial charge in [0.1, 0.15) is 5.69 Å². The van der Waals surface area contributed by atoms with Crippen LogP contribution < -0.4 is 5.32 Å². The molecule has 158 valence electrons. The Balaban J connectivity index is 1.47. The Hall–Kier alpha value is -3.95. The molecule has 1 amide bonds. The summed E-state index contributed by atoms with van der Waals surface area (Å²) < 4.78 is 55.4. The van der Waals surface area contributed by atoms with Gasteiger partial charge in [0.25, 0.3) is 5.91 Å². The summed E-state index contributed by atoms with van der Waals surface area (Å²) in [6.07, 6.45) is 1.31. The molecular formula is C21H15F4N5O. The minimum absolute atomic E-state index is 0.0779. The zero-order chi connectivity index (χ0) is 22.1. The number of rotatable bonds is 5. The van der Waals surface area contributed by atoms with Gasteiger partial charge in [0.2, 0.25) is 0 Å². The lowest BCUT2D eigenvalue weighted by Crippen LogP contribution is -2.14. The summed E-state index contributed by atoms with van der Waals surface area (Å²) in [6.45, 7) is 1.39. The molecule has 0 aliphatic carbocycles. The van der Waals surface area contributed by atoms with Crippen LogP contribution in [-0.2, 0) is 6.54 Å². The van der Waals surface area contributed by atoms with Gasteiger partial charge in [-0.15, -0.1) is 0 Å². The maximum Gasteiger partial charge on any atom is 0.274 e. The summed E-state index contributed by atoms with van der Waals surface area (Å²) in [5.41, 5.74) is 1.86. The van der Waals surface area contributed by atoms with Gasteiger partial charge in [-0.3, -0.25) is 14.6 Å². The Morgan fingerprint density at radius 2 is 1.71 bits per heavy atom. The number of aromatic nitrogens is 4. The van der Waals surface area contributed by atoms with Crippen LogP contribution in [0.1, 0.15) is 21.6 Å². The van der Waals surface area contributed by atoms with Gasteiger partial charge in [-0.1, -0.05) is 29.8 Å². The van der Waals surface area contributed by atoms with Gasteiger partial charge < -0.3 is 5.32 Å². The van der Waals surface area contributed by atoms with Gasteiger partial charge in [0.15, 0.2) is 29.1 Å². The number of hydrogen-bond acceptors (Lipinski definition) is 3. The highest BCUT2D eigenvalue weighted by atomic mass is 19.2.